The quantitative estimate of drug-likeness (QED) is 0.208. The van der Waals surface area contributed by atoms with Crippen LogP contribution in [0.2, 0.25) is 0 Å². The van der Waals surface area contributed by atoms with Gasteiger partial charge in [0.1, 0.15) is 17.2 Å². The monoisotopic (exact) mass is 503 g/mol. The summed E-state index contributed by atoms with van der Waals surface area (Å²) < 4.78 is 10.7. The Morgan fingerprint density at radius 1 is 1.19 bits per heavy atom. The molecule has 0 bridgehead atoms. The summed E-state index contributed by atoms with van der Waals surface area (Å²) >= 11 is 0. The fraction of sp³-hybridized carbons (Fsp3) is 0.296. The highest BCUT2D eigenvalue weighted by Gasteiger charge is 2.27. The summed E-state index contributed by atoms with van der Waals surface area (Å²) in [4.78, 5) is 26.4. The number of carbonyl (C=O) groups excluding carboxylic acids is 2. The van der Waals surface area contributed by atoms with Gasteiger partial charge in [0, 0.05) is 24.9 Å². The van der Waals surface area contributed by atoms with E-state index >= 15 is 0 Å². The molecule has 1 atom stereocenters. The molecule has 0 spiro atoms. The Morgan fingerprint density at radius 2 is 1.95 bits per heavy atom. The number of nitrogens with zero attached hydrogens (tertiary/aromatic N) is 2. The third-order valence-corrected chi connectivity index (χ3v) is 5.95. The lowest BCUT2D eigenvalue weighted by Crippen LogP contribution is -2.48. The Bertz CT molecular complexity index is 1290. The molecule has 0 aliphatic heterocycles. The van der Waals surface area contributed by atoms with E-state index in [1.54, 1.807) is 29.2 Å². The molecule has 192 valence electrons. The van der Waals surface area contributed by atoms with E-state index in [2.05, 4.69) is 5.32 Å². The number of ether oxygens (including phenoxy) is 1. The number of furan rings is 1. The van der Waals surface area contributed by atoms with Crippen molar-refractivity contribution >= 4 is 36.2 Å². The van der Waals surface area contributed by atoms with Crippen LogP contribution in [0.3, 0.4) is 0 Å². The van der Waals surface area contributed by atoms with Gasteiger partial charge >= 0.3 is 13.2 Å². The largest absolute Gasteiger partial charge is 0.475 e. The number of likely N-dealkylation sites (N-methyl/N-ethyl adjacent to an activating group) is 1. The summed E-state index contributed by atoms with van der Waals surface area (Å²) in [7, 11) is -1.79. The highest BCUT2D eigenvalue weighted by molar-refractivity contribution is 6.43. The molecule has 2 aromatic carbocycles. The van der Waals surface area contributed by atoms with Crippen LogP contribution in [0.25, 0.3) is 17.0 Å². The van der Waals surface area contributed by atoms with E-state index in [4.69, 9.17) is 9.15 Å². The first-order valence-electron chi connectivity index (χ1n) is 12.1. The van der Waals surface area contributed by atoms with Crippen LogP contribution in [0.1, 0.15) is 30.5 Å². The molecule has 1 aromatic heterocycles. The number of carbonyl (C=O) groups is 2. The molecule has 0 saturated carbocycles. The topological polar surface area (TPSA) is 136 Å². The Kier molecular flexibility index (Phi) is 9.89. The number of nitriles is 1. The van der Waals surface area contributed by atoms with Gasteiger partial charge in [0.15, 0.2) is 0 Å². The van der Waals surface area contributed by atoms with Crippen molar-refractivity contribution in [3.8, 4) is 6.07 Å². The molecule has 0 radical (unpaired) electrons. The van der Waals surface area contributed by atoms with Gasteiger partial charge < -0.3 is 29.4 Å². The molecular formula is C27H30BN3O6. The maximum atomic E-state index is 12.5. The van der Waals surface area contributed by atoms with Gasteiger partial charge in [-0.3, -0.25) is 4.79 Å². The van der Waals surface area contributed by atoms with Crippen LogP contribution in [-0.4, -0.2) is 59.7 Å². The lowest BCUT2D eigenvalue weighted by Gasteiger charge is -2.17. The molecular weight excluding hydrogens is 473 g/mol. The molecule has 0 fully saturated rings. The fourth-order valence-corrected chi connectivity index (χ4v) is 3.94. The van der Waals surface area contributed by atoms with Gasteiger partial charge in [-0.1, -0.05) is 42.5 Å². The minimum Gasteiger partial charge on any atom is -0.464 e. The molecule has 0 saturated heterocycles. The summed E-state index contributed by atoms with van der Waals surface area (Å²) in [5, 5.41) is 32.3. The van der Waals surface area contributed by atoms with E-state index in [9.17, 15) is 24.9 Å². The van der Waals surface area contributed by atoms with Gasteiger partial charge in [-0.15, -0.1) is 0 Å². The van der Waals surface area contributed by atoms with Crippen molar-refractivity contribution in [2.45, 2.75) is 32.6 Å². The second-order valence-electron chi connectivity index (χ2n) is 8.40. The second-order valence-corrected chi connectivity index (χ2v) is 8.40. The normalized spacial score (nSPS) is 12.0. The fourth-order valence-electron chi connectivity index (χ4n) is 3.94. The Balaban J connectivity index is 1.56. The van der Waals surface area contributed by atoms with Crippen LogP contribution in [0.5, 0.6) is 0 Å². The standard InChI is InChI=1S/C27H30BN3O6/c1-3-31(4-2)26(32)21(17-29)15-20-9-7-8-19(14-20)12-13-36-27(33)30-25(28(34)35)16-22-18-37-24-11-6-5-10-23(22)24/h5-11,14-15,18,25,34-35H,3-4,12-13,16H2,1-2H3,(H,30,33). The molecule has 1 unspecified atom stereocenters. The first kappa shape index (κ1) is 27.5. The highest BCUT2D eigenvalue weighted by atomic mass is 16.5. The van der Waals surface area contributed by atoms with Gasteiger partial charge in [0.2, 0.25) is 0 Å². The van der Waals surface area contributed by atoms with Crippen LogP contribution in [0, 0.1) is 11.3 Å². The average molecular weight is 503 g/mol. The molecule has 3 rings (SSSR count). The molecule has 0 aliphatic carbocycles. The molecule has 3 N–H and O–H groups in total. The highest BCUT2D eigenvalue weighted by Crippen LogP contribution is 2.22. The van der Waals surface area contributed by atoms with Gasteiger partial charge in [0.25, 0.3) is 5.91 Å². The number of fused-ring (bicyclic) bond motifs is 1. The van der Waals surface area contributed by atoms with Crippen molar-refractivity contribution in [2.24, 2.45) is 0 Å². The van der Waals surface area contributed by atoms with E-state index in [0.717, 1.165) is 16.5 Å². The van der Waals surface area contributed by atoms with Gasteiger partial charge in [-0.25, -0.2) is 4.79 Å². The Labute approximate surface area is 216 Å². The zero-order valence-electron chi connectivity index (χ0n) is 20.9. The summed E-state index contributed by atoms with van der Waals surface area (Å²) in [5.74, 6) is -1.31. The number of rotatable bonds is 11. The first-order chi connectivity index (χ1) is 17.9. The van der Waals surface area contributed by atoms with Crippen LogP contribution in [-0.2, 0) is 22.4 Å². The third kappa shape index (κ3) is 7.46. The first-order valence-corrected chi connectivity index (χ1v) is 12.1. The van der Waals surface area contributed by atoms with Crippen LogP contribution in [0.15, 0.2) is 64.8 Å². The van der Waals surface area contributed by atoms with Crippen molar-refractivity contribution in [3.63, 3.8) is 0 Å². The molecule has 37 heavy (non-hydrogen) atoms. The predicted molar refractivity (Wildman–Crippen MR) is 140 cm³/mol. The van der Waals surface area contributed by atoms with E-state index in [-0.39, 0.29) is 24.5 Å². The van der Waals surface area contributed by atoms with E-state index in [1.807, 2.05) is 50.2 Å². The van der Waals surface area contributed by atoms with Crippen molar-refractivity contribution in [3.05, 3.63) is 77.1 Å². The zero-order valence-corrected chi connectivity index (χ0v) is 20.9. The minimum absolute atomic E-state index is 0.0470. The maximum Gasteiger partial charge on any atom is 0.475 e. The number of nitrogens with one attached hydrogen (secondary N) is 1. The summed E-state index contributed by atoms with van der Waals surface area (Å²) in [6.45, 7) is 4.79. The number of para-hydroxylation sites is 1. The van der Waals surface area contributed by atoms with Gasteiger partial charge in [-0.05, 0) is 49.1 Å². The Morgan fingerprint density at radius 3 is 2.65 bits per heavy atom. The molecule has 2 amide bonds. The summed E-state index contributed by atoms with van der Waals surface area (Å²) in [6, 6.07) is 16.6. The number of hydrogen-bond acceptors (Lipinski definition) is 7. The SMILES string of the molecule is CCN(CC)C(=O)C(C#N)=Cc1cccc(CCOC(=O)NC(Cc2coc3ccccc23)B(O)O)c1. The van der Waals surface area contributed by atoms with E-state index in [0.29, 0.717) is 30.7 Å². The molecule has 3 aromatic rings. The number of hydrogen-bond donors (Lipinski definition) is 3. The van der Waals surface area contributed by atoms with E-state index in [1.165, 1.54) is 6.26 Å². The van der Waals surface area contributed by atoms with Gasteiger partial charge in [0.05, 0.1) is 18.8 Å². The lowest BCUT2D eigenvalue weighted by atomic mass is 9.76. The van der Waals surface area contributed by atoms with Crippen LogP contribution in [0.4, 0.5) is 4.79 Å². The summed E-state index contributed by atoms with van der Waals surface area (Å²) in [5.41, 5.74) is 2.99. The minimum atomic E-state index is -1.79. The Hall–Kier alpha value is -4.07. The van der Waals surface area contributed by atoms with Crippen LogP contribution < -0.4 is 5.32 Å². The van der Waals surface area contributed by atoms with Crippen LogP contribution >= 0.6 is 0 Å². The molecule has 1 heterocycles. The van der Waals surface area contributed by atoms with Crippen molar-refractivity contribution in [1.82, 2.24) is 10.2 Å². The lowest BCUT2D eigenvalue weighted by molar-refractivity contribution is -0.126. The summed E-state index contributed by atoms with van der Waals surface area (Å²) in [6.07, 6.45) is 2.83. The predicted octanol–water partition coefficient (Wildman–Crippen LogP) is 3.10. The number of alkyl carbamates (subject to hydrolysis) is 1. The van der Waals surface area contributed by atoms with Gasteiger partial charge in [-0.2, -0.15) is 5.26 Å². The molecule has 0 aliphatic rings. The second kappa shape index (κ2) is 13.3. The third-order valence-electron chi connectivity index (χ3n) is 5.95. The van der Waals surface area contributed by atoms with Crippen molar-refractivity contribution < 1.29 is 28.8 Å². The zero-order chi connectivity index (χ0) is 26.8. The average Bonchev–Trinajstić information content (AvgIpc) is 3.30. The smallest absolute Gasteiger partial charge is 0.464 e. The van der Waals surface area contributed by atoms with E-state index < -0.39 is 19.2 Å². The maximum absolute atomic E-state index is 12.5. The molecule has 9 nitrogen and oxygen atoms in total. The van der Waals surface area contributed by atoms with Crippen molar-refractivity contribution in [2.75, 3.05) is 19.7 Å². The molecule has 10 heteroatoms. The number of benzene rings is 2. The number of amides is 2. The van der Waals surface area contributed by atoms with Crippen molar-refractivity contribution in [1.29, 1.82) is 5.26 Å².